The topological polar surface area (TPSA) is 25.2 Å². The summed E-state index contributed by atoms with van der Waals surface area (Å²) in [6.45, 7) is 4.21. The van der Waals surface area contributed by atoms with Gasteiger partial charge in [-0.2, -0.15) is 0 Å². The average molecular weight is 251 g/mol. The molecule has 0 radical (unpaired) electrons. The van der Waals surface area contributed by atoms with Crippen LogP contribution in [0, 0.1) is 13.8 Å². The number of hydrogen-bond acceptors (Lipinski definition) is 1. The maximum Gasteiger partial charge on any atom is 0.0699 e. The van der Waals surface area contributed by atoms with Gasteiger partial charge in [-0.05, 0) is 48.4 Å². The summed E-state index contributed by atoms with van der Waals surface area (Å²) in [6, 6.07) is 16.9. The van der Waals surface area contributed by atoms with E-state index in [0.29, 0.717) is 0 Å². The largest absolute Gasteiger partial charge is 0.392 e. The molecule has 0 aliphatic rings. The molecular weight excluding hydrogens is 234 g/mol. The number of benzene rings is 2. The van der Waals surface area contributed by atoms with Crippen LogP contribution in [0.3, 0.4) is 0 Å². The van der Waals surface area contributed by atoms with Gasteiger partial charge in [-0.15, -0.1) is 0 Å². The summed E-state index contributed by atoms with van der Waals surface area (Å²) >= 11 is 0. The second-order valence-electron chi connectivity index (χ2n) is 4.92. The first-order chi connectivity index (χ1) is 9.20. The highest BCUT2D eigenvalue weighted by Gasteiger charge is 2.10. The maximum absolute atomic E-state index is 9.36. The Kier molecular flexibility index (Phi) is 2.88. The summed E-state index contributed by atoms with van der Waals surface area (Å²) in [5, 5.41) is 11.8. The van der Waals surface area contributed by atoms with Crippen molar-refractivity contribution >= 4 is 10.8 Å². The van der Waals surface area contributed by atoms with E-state index in [1.54, 1.807) is 0 Å². The molecule has 2 heteroatoms. The zero-order chi connectivity index (χ0) is 13.4. The van der Waals surface area contributed by atoms with Gasteiger partial charge in [0.05, 0.1) is 6.61 Å². The Balaban J connectivity index is 2.21. The van der Waals surface area contributed by atoms with E-state index in [0.717, 1.165) is 22.6 Å². The third-order valence-corrected chi connectivity index (χ3v) is 3.70. The number of hydrogen-bond donors (Lipinski definition) is 1. The van der Waals surface area contributed by atoms with Gasteiger partial charge >= 0.3 is 0 Å². The third-order valence-electron chi connectivity index (χ3n) is 3.70. The molecule has 2 nitrogen and oxygen atoms in total. The lowest BCUT2D eigenvalue weighted by molar-refractivity contribution is 0.281. The first kappa shape index (κ1) is 12.0. The van der Waals surface area contributed by atoms with Crippen molar-refractivity contribution in [3.05, 3.63) is 65.5 Å². The molecule has 0 aliphatic heterocycles. The Labute approximate surface area is 112 Å². The summed E-state index contributed by atoms with van der Waals surface area (Å²) in [4.78, 5) is 0. The summed E-state index contributed by atoms with van der Waals surface area (Å²) in [6.07, 6.45) is 0. The Bertz CT molecular complexity index is 740. The summed E-state index contributed by atoms with van der Waals surface area (Å²) in [7, 11) is 0. The maximum atomic E-state index is 9.36. The molecule has 0 bridgehead atoms. The van der Waals surface area contributed by atoms with E-state index in [2.05, 4.69) is 54.0 Å². The number of aryl methyl sites for hydroxylation is 1. The van der Waals surface area contributed by atoms with Gasteiger partial charge in [0.2, 0.25) is 0 Å². The lowest BCUT2D eigenvalue weighted by Gasteiger charge is -2.11. The minimum absolute atomic E-state index is 0.0905. The van der Waals surface area contributed by atoms with E-state index in [9.17, 15) is 5.11 Å². The van der Waals surface area contributed by atoms with Crippen molar-refractivity contribution in [2.45, 2.75) is 20.5 Å². The van der Waals surface area contributed by atoms with Crippen molar-refractivity contribution in [2.75, 3.05) is 0 Å². The normalized spacial score (nSPS) is 11.1. The fourth-order valence-electron chi connectivity index (χ4n) is 2.70. The molecule has 0 fully saturated rings. The van der Waals surface area contributed by atoms with Crippen molar-refractivity contribution in [1.82, 2.24) is 4.57 Å². The molecule has 3 rings (SSSR count). The quantitative estimate of drug-likeness (QED) is 0.737. The minimum atomic E-state index is 0.0905. The molecule has 0 saturated heterocycles. The number of nitrogens with zero attached hydrogens (tertiary/aromatic N) is 1. The van der Waals surface area contributed by atoms with Crippen LogP contribution < -0.4 is 0 Å². The Hall–Kier alpha value is -2.06. The number of fused-ring (bicyclic) bond motifs is 1. The molecule has 0 spiro atoms. The van der Waals surface area contributed by atoms with Crippen molar-refractivity contribution < 1.29 is 5.11 Å². The highest BCUT2D eigenvalue weighted by atomic mass is 16.3. The lowest BCUT2D eigenvalue weighted by Crippen LogP contribution is -1.99. The highest BCUT2D eigenvalue weighted by molar-refractivity contribution is 5.84. The molecule has 0 saturated carbocycles. The fourth-order valence-corrected chi connectivity index (χ4v) is 2.70. The average Bonchev–Trinajstić information content (AvgIpc) is 2.73. The Morgan fingerprint density at radius 1 is 0.947 bits per heavy atom. The third kappa shape index (κ3) is 1.94. The van der Waals surface area contributed by atoms with E-state index in [1.807, 2.05) is 13.0 Å². The van der Waals surface area contributed by atoms with Gasteiger partial charge in [-0.25, -0.2) is 0 Å². The van der Waals surface area contributed by atoms with Crippen LogP contribution in [-0.4, -0.2) is 9.67 Å². The van der Waals surface area contributed by atoms with E-state index in [4.69, 9.17) is 0 Å². The fraction of sp³-hybridized carbons (Fsp3) is 0.176. The predicted molar refractivity (Wildman–Crippen MR) is 78.7 cm³/mol. The number of aliphatic hydroxyl groups excluding tert-OH is 1. The Morgan fingerprint density at radius 3 is 2.37 bits per heavy atom. The van der Waals surface area contributed by atoms with Gasteiger partial charge in [-0.3, -0.25) is 0 Å². The van der Waals surface area contributed by atoms with Crippen LogP contribution in [0.25, 0.3) is 16.5 Å². The van der Waals surface area contributed by atoms with Crippen molar-refractivity contribution in [2.24, 2.45) is 0 Å². The van der Waals surface area contributed by atoms with Gasteiger partial charge in [0.25, 0.3) is 0 Å². The molecule has 0 amide bonds. The summed E-state index contributed by atoms with van der Waals surface area (Å²) in [5.41, 5.74) is 4.39. The summed E-state index contributed by atoms with van der Waals surface area (Å²) in [5.74, 6) is 0. The second-order valence-corrected chi connectivity index (χ2v) is 4.92. The minimum Gasteiger partial charge on any atom is -0.392 e. The lowest BCUT2D eigenvalue weighted by atomic mass is 10.1. The number of aliphatic hydroxyl groups is 1. The molecular formula is C17H17NO. The van der Waals surface area contributed by atoms with Crippen LogP contribution >= 0.6 is 0 Å². The van der Waals surface area contributed by atoms with Gasteiger partial charge < -0.3 is 9.67 Å². The van der Waals surface area contributed by atoms with E-state index in [-0.39, 0.29) is 6.61 Å². The van der Waals surface area contributed by atoms with Crippen LogP contribution in [0.4, 0.5) is 0 Å². The monoisotopic (exact) mass is 251 g/mol. The highest BCUT2D eigenvalue weighted by Crippen LogP contribution is 2.24. The van der Waals surface area contributed by atoms with E-state index < -0.39 is 0 Å². The van der Waals surface area contributed by atoms with Crippen LogP contribution in [0.2, 0.25) is 0 Å². The van der Waals surface area contributed by atoms with Crippen molar-refractivity contribution in [1.29, 1.82) is 0 Å². The van der Waals surface area contributed by atoms with Crippen molar-refractivity contribution in [3.63, 3.8) is 0 Å². The molecule has 19 heavy (non-hydrogen) atoms. The standard InChI is InChI=1S/C17H17NO/c1-12-9-16(11-19)13(2)18(12)17-8-7-14-5-3-4-6-15(14)10-17/h3-10,19H,11H2,1-2H3. The SMILES string of the molecule is Cc1cc(CO)c(C)n1-c1ccc2ccccc2c1. The zero-order valence-corrected chi connectivity index (χ0v) is 11.2. The molecule has 0 atom stereocenters. The zero-order valence-electron chi connectivity index (χ0n) is 11.2. The van der Waals surface area contributed by atoms with Gasteiger partial charge in [-0.1, -0.05) is 30.3 Å². The van der Waals surface area contributed by atoms with Gasteiger partial charge in [0, 0.05) is 17.1 Å². The molecule has 1 heterocycles. The van der Waals surface area contributed by atoms with Crippen molar-refractivity contribution in [3.8, 4) is 5.69 Å². The molecule has 1 aromatic heterocycles. The first-order valence-electron chi connectivity index (χ1n) is 6.48. The number of rotatable bonds is 2. The smallest absolute Gasteiger partial charge is 0.0699 e. The van der Waals surface area contributed by atoms with Crippen LogP contribution in [0.1, 0.15) is 17.0 Å². The molecule has 2 aromatic carbocycles. The summed E-state index contributed by atoms with van der Waals surface area (Å²) < 4.78 is 2.19. The van der Waals surface area contributed by atoms with Gasteiger partial charge in [0.15, 0.2) is 0 Å². The molecule has 0 aliphatic carbocycles. The van der Waals surface area contributed by atoms with Crippen LogP contribution in [0.15, 0.2) is 48.5 Å². The molecule has 1 N–H and O–H groups in total. The van der Waals surface area contributed by atoms with Gasteiger partial charge in [0.1, 0.15) is 0 Å². The van der Waals surface area contributed by atoms with E-state index in [1.165, 1.54) is 10.8 Å². The molecule has 0 unspecified atom stereocenters. The molecule has 96 valence electrons. The first-order valence-corrected chi connectivity index (χ1v) is 6.48. The Morgan fingerprint density at radius 2 is 1.68 bits per heavy atom. The molecule has 3 aromatic rings. The van der Waals surface area contributed by atoms with Crippen LogP contribution in [-0.2, 0) is 6.61 Å². The predicted octanol–water partition coefficient (Wildman–Crippen LogP) is 3.74. The number of aromatic nitrogens is 1. The second kappa shape index (κ2) is 4.56. The van der Waals surface area contributed by atoms with Crippen LogP contribution in [0.5, 0.6) is 0 Å². The van der Waals surface area contributed by atoms with E-state index >= 15 is 0 Å².